The lowest BCUT2D eigenvalue weighted by Crippen LogP contribution is -1.94. The van der Waals surface area contributed by atoms with Gasteiger partial charge in [0.2, 0.25) is 0 Å². The van der Waals surface area contributed by atoms with E-state index in [1.165, 1.54) is 5.56 Å². The van der Waals surface area contributed by atoms with Gasteiger partial charge in [-0.2, -0.15) is 0 Å². The van der Waals surface area contributed by atoms with Gasteiger partial charge in [-0.05, 0) is 52.4 Å². The summed E-state index contributed by atoms with van der Waals surface area (Å²) in [5, 5.41) is 6.40. The number of benzene rings is 2. The molecule has 0 unspecified atom stereocenters. The fourth-order valence-electron chi connectivity index (χ4n) is 2.20. The van der Waals surface area contributed by atoms with E-state index in [1.807, 2.05) is 30.3 Å². The molecule has 2 rings (SSSR count). The van der Waals surface area contributed by atoms with Crippen LogP contribution in [0.5, 0.6) is 0 Å². The van der Waals surface area contributed by atoms with Crippen molar-refractivity contribution in [2.45, 2.75) is 39.5 Å². The van der Waals surface area contributed by atoms with Gasteiger partial charge in [0.1, 0.15) is 5.69 Å². The number of rotatable bonds is 5. The average molecular weight is 282 g/mol. The summed E-state index contributed by atoms with van der Waals surface area (Å²) < 4.78 is 0. The van der Waals surface area contributed by atoms with Crippen LogP contribution in [0, 0.1) is 4.91 Å². The molecule has 0 aliphatic rings. The minimum atomic E-state index is 0.380. The molecule has 1 N–H and O–H groups in total. The smallest absolute Gasteiger partial charge is 0.131 e. The van der Waals surface area contributed by atoms with E-state index in [2.05, 4.69) is 50.3 Å². The van der Waals surface area contributed by atoms with Gasteiger partial charge >= 0.3 is 0 Å². The van der Waals surface area contributed by atoms with Crippen LogP contribution in [0.4, 0.5) is 17.1 Å². The molecule has 0 heterocycles. The van der Waals surface area contributed by atoms with Gasteiger partial charge in [0.15, 0.2) is 0 Å². The molecule has 0 saturated heterocycles. The monoisotopic (exact) mass is 282 g/mol. The highest BCUT2D eigenvalue weighted by Crippen LogP contribution is 2.31. The first-order valence-corrected chi connectivity index (χ1v) is 7.35. The van der Waals surface area contributed by atoms with Crippen molar-refractivity contribution in [1.82, 2.24) is 0 Å². The summed E-state index contributed by atoms with van der Waals surface area (Å²) in [6, 6.07) is 14.1. The Morgan fingerprint density at radius 1 is 0.857 bits per heavy atom. The second-order valence-electron chi connectivity index (χ2n) is 5.92. The van der Waals surface area contributed by atoms with E-state index in [1.54, 1.807) is 0 Å². The van der Waals surface area contributed by atoms with Crippen LogP contribution in [0.2, 0.25) is 0 Å². The molecule has 0 aliphatic carbocycles. The van der Waals surface area contributed by atoms with Gasteiger partial charge in [0.05, 0.1) is 5.69 Å². The average Bonchev–Trinajstić information content (AvgIpc) is 2.48. The fourth-order valence-corrected chi connectivity index (χ4v) is 2.20. The maximum absolute atomic E-state index is 11.0. The number of nitrogens with one attached hydrogen (secondary N) is 1. The summed E-state index contributed by atoms with van der Waals surface area (Å²) in [4.78, 5) is 11.0. The summed E-state index contributed by atoms with van der Waals surface area (Å²) in [6.45, 7) is 8.53. The summed E-state index contributed by atoms with van der Waals surface area (Å²) in [7, 11) is 0. The third kappa shape index (κ3) is 3.69. The topological polar surface area (TPSA) is 41.5 Å². The van der Waals surface area contributed by atoms with Crippen LogP contribution in [0.15, 0.2) is 47.6 Å². The molecule has 0 bridgehead atoms. The minimum Gasteiger partial charge on any atom is -0.354 e. The molecule has 2 aromatic rings. The number of nitrogens with zero attached hydrogens (tertiary/aromatic N) is 1. The van der Waals surface area contributed by atoms with Crippen LogP contribution in [0.1, 0.15) is 50.7 Å². The third-order valence-corrected chi connectivity index (χ3v) is 3.64. The van der Waals surface area contributed by atoms with Crippen molar-refractivity contribution in [1.29, 1.82) is 0 Å². The molecule has 21 heavy (non-hydrogen) atoms. The normalized spacial score (nSPS) is 11.0. The van der Waals surface area contributed by atoms with Crippen LogP contribution in [0.3, 0.4) is 0 Å². The van der Waals surface area contributed by atoms with Crippen LogP contribution in [-0.4, -0.2) is 0 Å². The van der Waals surface area contributed by atoms with E-state index >= 15 is 0 Å². The van der Waals surface area contributed by atoms with E-state index < -0.39 is 0 Å². The van der Waals surface area contributed by atoms with Crippen molar-refractivity contribution in [3.05, 3.63) is 58.5 Å². The van der Waals surface area contributed by atoms with Gasteiger partial charge in [0, 0.05) is 5.69 Å². The Bertz CT molecular complexity index is 616. The fraction of sp³-hybridized carbons (Fsp3) is 0.333. The van der Waals surface area contributed by atoms with Gasteiger partial charge in [-0.15, -0.1) is 4.91 Å². The first-order valence-electron chi connectivity index (χ1n) is 7.35. The van der Waals surface area contributed by atoms with E-state index in [-0.39, 0.29) is 0 Å². The van der Waals surface area contributed by atoms with Crippen molar-refractivity contribution in [2.75, 3.05) is 5.32 Å². The summed E-state index contributed by atoms with van der Waals surface area (Å²) in [6.07, 6.45) is 0. The molecule has 0 aromatic heterocycles. The molecular formula is C18H22N2O. The molecule has 3 heteroatoms. The molecule has 0 fully saturated rings. The predicted octanol–water partition coefficient (Wildman–Crippen LogP) is 6.07. The molecule has 0 atom stereocenters. The maximum Gasteiger partial charge on any atom is 0.131 e. The molecule has 0 saturated carbocycles. The quantitative estimate of drug-likeness (QED) is 0.676. The summed E-state index contributed by atoms with van der Waals surface area (Å²) in [5.74, 6) is 0.890. The molecule has 0 radical (unpaired) electrons. The van der Waals surface area contributed by atoms with Crippen LogP contribution < -0.4 is 5.32 Å². The van der Waals surface area contributed by atoms with E-state index in [9.17, 15) is 4.91 Å². The molecule has 0 aliphatic heterocycles. The van der Waals surface area contributed by atoms with Gasteiger partial charge in [-0.1, -0.05) is 45.9 Å². The van der Waals surface area contributed by atoms with Crippen molar-refractivity contribution in [3.8, 4) is 0 Å². The van der Waals surface area contributed by atoms with Crippen molar-refractivity contribution in [2.24, 2.45) is 5.18 Å². The van der Waals surface area contributed by atoms with Crippen molar-refractivity contribution >= 4 is 17.1 Å². The van der Waals surface area contributed by atoms with Gasteiger partial charge in [0.25, 0.3) is 0 Å². The molecule has 0 amide bonds. The standard InChI is InChI=1S/C18H22N2O/c1-12(2)14-5-8-16(9-6-14)19-17-10-7-15(13(3)4)11-18(17)20-21/h5-13,19H,1-4H3. The third-order valence-electron chi connectivity index (χ3n) is 3.64. The van der Waals surface area contributed by atoms with E-state index in [0.717, 1.165) is 16.9 Å². The molecule has 2 aromatic carbocycles. The van der Waals surface area contributed by atoms with Crippen LogP contribution in [-0.2, 0) is 0 Å². The highest BCUT2D eigenvalue weighted by atomic mass is 16.3. The predicted molar refractivity (Wildman–Crippen MR) is 89.8 cm³/mol. The van der Waals surface area contributed by atoms with Crippen molar-refractivity contribution < 1.29 is 0 Å². The number of nitroso groups, excluding NO2 is 1. The Balaban J connectivity index is 2.24. The lowest BCUT2D eigenvalue weighted by atomic mass is 10.0. The molecule has 0 spiro atoms. The van der Waals surface area contributed by atoms with E-state index in [0.29, 0.717) is 17.5 Å². The second kappa shape index (κ2) is 6.53. The van der Waals surface area contributed by atoms with Crippen LogP contribution in [0.25, 0.3) is 0 Å². The minimum absolute atomic E-state index is 0.380. The first kappa shape index (κ1) is 15.2. The van der Waals surface area contributed by atoms with Gasteiger partial charge in [-0.25, -0.2) is 0 Å². The lowest BCUT2D eigenvalue weighted by molar-refractivity contribution is 0.866. The SMILES string of the molecule is CC(C)c1ccc(Nc2ccc(C(C)C)cc2N=O)cc1. The molecule has 110 valence electrons. The van der Waals surface area contributed by atoms with Gasteiger partial charge in [-0.3, -0.25) is 0 Å². The highest BCUT2D eigenvalue weighted by Gasteiger charge is 2.07. The van der Waals surface area contributed by atoms with E-state index in [4.69, 9.17) is 0 Å². The maximum atomic E-state index is 11.0. The van der Waals surface area contributed by atoms with Gasteiger partial charge < -0.3 is 5.32 Å². The Hall–Kier alpha value is -2.16. The first-order chi connectivity index (χ1) is 10.0. The lowest BCUT2D eigenvalue weighted by Gasteiger charge is -2.12. The zero-order chi connectivity index (χ0) is 15.4. The number of anilines is 2. The number of hydrogen-bond donors (Lipinski definition) is 1. The largest absolute Gasteiger partial charge is 0.354 e. The Labute approximate surface area is 126 Å². The van der Waals surface area contributed by atoms with Crippen molar-refractivity contribution in [3.63, 3.8) is 0 Å². The summed E-state index contributed by atoms with van der Waals surface area (Å²) >= 11 is 0. The zero-order valence-corrected chi connectivity index (χ0v) is 13.1. The highest BCUT2D eigenvalue weighted by molar-refractivity contribution is 5.72. The summed E-state index contributed by atoms with van der Waals surface area (Å²) in [5.41, 5.74) is 4.57. The zero-order valence-electron chi connectivity index (χ0n) is 13.1. The Morgan fingerprint density at radius 2 is 1.43 bits per heavy atom. The second-order valence-corrected chi connectivity index (χ2v) is 5.92. The molecular weight excluding hydrogens is 260 g/mol. The molecule has 3 nitrogen and oxygen atoms in total. The Morgan fingerprint density at radius 3 is 1.95 bits per heavy atom. The van der Waals surface area contributed by atoms with Crippen LogP contribution >= 0.6 is 0 Å². The Kier molecular flexibility index (Phi) is 4.73. The number of hydrogen-bond acceptors (Lipinski definition) is 3.